The minimum atomic E-state index is -1.03. The van der Waals surface area contributed by atoms with E-state index in [1.54, 1.807) is 6.92 Å². The number of hydrogen-bond acceptors (Lipinski definition) is 2. The van der Waals surface area contributed by atoms with Crippen LogP contribution in [0, 0.1) is 0 Å². The van der Waals surface area contributed by atoms with Crippen LogP contribution in [0.4, 0.5) is 10.1 Å². The molecule has 0 atom stereocenters. The molecule has 2 rings (SSSR count). The fraction of sp³-hybridized carbons (Fsp3) is 0.480. The van der Waals surface area contributed by atoms with Gasteiger partial charge in [0.2, 0.25) is 0 Å². The molecule has 1 aliphatic heterocycles. The number of carboxylic acids is 1. The maximum atomic E-state index is 15.1. The van der Waals surface area contributed by atoms with Gasteiger partial charge in [0.25, 0.3) is 0 Å². The van der Waals surface area contributed by atoms with E-state index in [2.05, 4.69) is 51.7 Å². The third kappa shape index (κ3) is 5.17. The molecule has 0 aromatic heterocycles. The van der Waals surface area contributed by atoms with Crippen molar-refractivity contribution in [2.75, 3.05) is 18.0 Å². The van der Waals surface area contributed by atoms with Crippen LogP contribution in [0.25, 0.3) is 5.57 Å². The zero-order valence-corrected chi connectivity index (χ0v) is 18.8. The van der Waals surface area contributed by atoms with E-state index < -0.39 is 5.97 Å². The number of nitrogens with zero attached hydrogens (tertiary/aromatic N) is 1. The van der Waals surface area contributed by atoms with Gasteiger partial charge >= 0.3 is 5.97 Å². The lowest BCUT2D eigenvalue weighted by atomic mass is 9.74. The van der Waals surface area contributed by atoms with Crippen LogP contribution < -0.4 is 4.90 Å². The van der Waals surface area contributed by atoms with E-state index in [0.29, 0.717) is 17.1 Å². The number of carbonyl (C=O) groups is 1. The topological polar surface area (TPSA) is 40.5 Å². The Balaban J connectivity index is 2.68. The standard InChI is InChI=1S/C25H34FNO2/c1-8-27-12-11-25(6,7)21-15-19(16(2)3)14-20(24(21)27)18(5)22(26)10-9-17(4)13-23(28)29/h9-10,13-16H,8,11-12H2,1-7H3,(H,28,29). The second-order valence-electron chi connectivity index (χ2n) is 8.87. The van der Waals surface area contributed by atoms with E-state index >= 15 is 4.39 Å². The van der Waals surface area contributed by atoms with Crippen molar-refractivity contribution in [2.24, 2.45) is 0 Å². The summed E-state index contributed by atoms with van der Waals surface area (Å²) in [7, 11) is 0. The molecule has 1 aliphatic rings. The number of carboxylic acid groups (broad SMARTS) is 1. The Morgan fingerprint density at radius 2 is 1.93 bits per heavy atom. The van der Waals surface area contributed by atoms with Gasteiger partial charge in [-0.05, 0) is 72.9 Å². The molecular formula is C25H34FNO2. The van der Waals surface area contributed by atoms with Crippen LogP contribution in [0.5, 0.6) is 0 Å². The summed E-state index contributed by atoms with van der Waals surface area (Å²) in [6.07, 6.45) is 5.01. The quantitative estimate of drug-likeness (QED) is 0.432. The lowest BCUT2D eigenvalue weighted by Gasteiger charge is -2.42. The molecule has 4 heteroatoms. The molecule has 0 aliphatic carbocycles. The fourth-order valence-electron chi connectivity index (χ4n) is 3.81. The molecule has 3 nitrogen and oxygen atoms in total. The van der Waals surface area contributed by atoms with Crippen molar-refractivity contribution < 1.29 is 14.3 Å². The Kier molecular flexibility index (Phi) is 7.10. The van der Waals surface area contributed by atoms with Crippen LogP contribution in [-0.2, 0) is 10.2 Å². The number of rotatable bonds is 6. The van der Waals surface area contributed by atoms with Crippen LogP contribution >= 0.6 is 0 Å². The Hall–Kier alpha value is -2.36. The minimum Gasteiger partial charge on any atom is -0.478 e. The van der Waals surface area contributed by atoms with Crippen molar-refractivity contribution in [1.82, 2.24) is 0 Å². The van der Waals surface area contributed by atoms with Crippen LogP contribution in [0.3, 0.4) is 0 Å². The van der Waals surface area contributed by atoms with Gasteiger partial charge in [0.1, 0.15) is 5.83 Å². The van der Waals surface area contributed by atoms with Crippen LogP contribution in [0.1, 0.15) is 77.5 Å². The molecule has 0 saturated carbocycles. The number of fused-ring (bicyclic) bond motifs is 1. The maximum Gasteiger partial charge on any atom is 0.328 e. The molecule has 29 heavy (non-hydrogen) atoms. The highest BCUT2D eigenvalue weighted by Crippen LogP contribution is 2.45. The van der Waals surface area contributed by atoms with Crippen molar-refractivity contribution in [2.45, 2.75) is 66.2 Å². The summed E-state index contributed by atoms with van der Waals surface area (Å²) in [6, 6.07) is 4.42. The minimum absolute atomic E-state index is 0.0358. The Bertz CT molecular complexity index is 875. The summed E-state index contributed by atoms with van der Waals surface area (Å²) in [5.74, 6) is -1.03. The zero-order valence-electron chi connectivity index (χ0n) is 18.8. The molecule has 0 fully saturated rings. The predicted molar refractivity (Wildman–Crippen MR) is 120 cm³/mol. The Morgan fingerprint density at radius 1 is 1.28 bits per heavy atom. The summed E-state index contributed by atoms with van der Waals surface area (Å²) >= 11 is 0. The van der Waals surface area contributed by atoms with Crippen molar-refractivity contribution in [3.05, 3.63) is 58.5 Å². The second-order valence-corrected chi connectivity index (χ2v) is 8.87. The molecule has 158 valence electrons. The fourth-order valence-corrected chi connectivity index (χ4v) is 3.81. The second kappa shape index (κ2) is 8.98. The number of benzene rings is 1. The smallest absolute Gasteiger partial charge is 0.328 e. The van der Waals surface area contributed by atoms with E-state index in [0.717, 1.165) is 36.8 Å². The maximum absolute atomic E-state index is 15.1. The van der Waals surface area contributed by atoms with Gasteiger partial charge in [0, 0.05) is 30.4 Å². The first-order valence-electron chi connectivity index (χ1n) is 10.4. The lowest BCUT2D eigenvalue weighted by molar-refractivity contribution is -0.131. The molecule has 1 heterocycles. The van der Waals surface area contributed by atoms with Gasteiger partial charge in [-0.1, -0.05) is 39.8 Å². The number of halogens is 1. The van der Waals surface area contributed by atoms with E-state index in [1.807, 2.05) is 6.92 Å². The average molecular weight is 400 g/mol. The van der Waals surface area contributed by atoms with Gasteiger partial charge < -0.3 is 10.0 Å². The highest BCUT2D eigenvalue weighted by Gasteiger charge is 2.33. The van der Waals surface area contributed by atoms with E-state index in [9.17, 15) is 4.79 Å². The van der Waals surface area contributed by atoms with Crippen molar-refractivity contribution in [1.29, 1.82) is 0 Å². The Labute approximate surface area is 174 Å². The molecule has 0 radical (unpaired) electrons. The number of anilines is 1. The first kappa shape index (κ1) is 22.9. The van der Waals surface area contributed by atoms with E-state index in [-0.39, 0.29) is 11.2 Å². The van der Waals surface area contributed by atoms with Crippen molar-refractivity contribution in [3.8, 4) is 0 Å². The summed E-state index contributed by atoms with van der Waals surface area (Å²) in [4.78, 5) is 13.1. The first-order chi connectivity index (χ1) is 13.5. The summed E-state index contributed by atoms with van der Waals surface area (Å²) in [5.41, 5.74) is 5.67. The molecule has 0 unspecified atom stereocenters. The van der Waals surface area contributed by atoms with Crippen LogP contribution in [0.15, 0.2) is 41.8 Å². The molecule has 0 spiro atoms. The van der Waals surface area contributed by atoms with E-state index in [1.165, 1.54) is 23.3 Å². The SMILES string of the molecule is CCN1CCC(C)(C)c2cc(C(C)C)cc(C(C)=C(F)C=CC(C)=CC(=O)O)c21. The monoisotopic (exact) mass is 399 g/mol. The van der Waals surface area contributed by atoms with Gasteiger partial charge in [-0.3, -0.25) is 0 Å². The zero-order chi connectivity index (χ0) is 21.9. The molecule has 0 amide bonds. The van der Waals surface area contributed by atoms with Gasteiger partial charge in [-0.15, -0.1) is 0 Å². The molecule has 0 saturated heterocycles. The van der Waals surface area contributed by atoms with Crippen molar-refractivity contribution >= 4 is 17.2 Å². The molecule has 1 N–H and O–H groups in total. The van der Waals surface area contributed by atoms with E-state index in [4.69, 9.17) is 5.11 Å². The Morgan fingerprint density at radius 3 is 2.48 bits per heavy atom. The van der Waals surface area contributed by atoms with Crippen LogP contribution in [0.2, 0.25) is 0 Å². The van der Waals surface area contributed by atoms with Crippen molar-refractivity contribution in [3.63, 3.8) is 0 Å². The van der Waals surface area contributed by atoms with Gasteiger partial charge in [0.05, 0.1) is 0 Å². The largest absolute Gasteiger partial charge is 0.478 e. The highest BCUT2D eigenvalue weighted by atomic mass is 19.1. The first-order valence-corrected chi connectivity index (χ1v) is 10.4. The van der Waals surface area contributed by atoms with Crippen LogP contribution in [-0.4, -0.2) is 24.2 Å². The molecule has 1 aromatic carbocycles. The number of aliphatic carboxylic acids is 1. The number of hydrogen-bond donors (Lipinski definition) is 1. The lowest BCUT2D eigenvalue weighted by Crippen LogP contribution is -2.38. The third-order valence-corrected chi connectivity index (χ3v) is 5.84. The van der Waals surface area contributed by atoms with Gasteiger partial charge in [-0.25, -0.2) is 9.18 Å². The normalized spacial score (nSPS) is 17.6. The number of allylic oxidation sites excluding steroid dienone is 5. The summed E-state index contributed by atoms with van der Waals surface area (Å²) in [5, 5.41) is 8.84. The van der Waals surface area contributed by atoms with Gasteiger partial charge in [0.15, 0.2) is 0 Å². The summed E-state index contributed by atoms with van der Waals surface area (Å²) in [6.45, 7) is 16.3. The summed E-state index contributed by atoms with van der Waals surface area (Å²) < 4.78 is 15.1. The third-order valence-electron chi connectivity index (χ3n) is 5.84. The van der Waals surface area contributed by atoms with Gasteiger partial charge in [-0.2, -0.15) is 0 Å². The predicted octanol–water partition coefficient (Wildman–Crippen LogP) is 6.61. The highest BCUT2D eigenvalue weighted by molar-refractivity contribution is 5.83. The molecular weight excluding hydrogens is 365 g/mol. The molecule has 1 aromatic rings. The average Bonchev–Trinajstić information content (AvgIpc) is 2.64. The molecule has 0 bridgehead atoms.